The molecular formula is C19H19N3O2. The first-order valence-electron chi connectivity index (χ1n) is 8.29. The van der Waals surface area contributed by atoms with Gasteiger partial charge in [-0.2, -0.15) is 0 Å². The first-order valence-corrected chi connectivity index (χ1v) is 8.29. The molecular weight excluding hydrogens is 302 g/mol. The second-order valence-electron chi connectivity index (χ2n) is 6.26. The second-order valence-corrected chi connectivity index (χ2v) is 6.26. The predicted octanol–water partition coefficient (Wildman–Crippen LogP) is 2.77. The number of carbonyl (C=O) groups excluding carboxylic acids is 1. The first-order chi connectivity index (χ1) is 11.8. The Bertz CT molecular complexity index is 742. The summed E-state index contributed by atoms with van der Waals surface area (Å²) in [5, 5.41) is 4.13. The van der Waals surface area contributed by atoms with Crippen LogP contribution in [0.2, 0.25) is 0 Å². The molecule has 1 fully saturated rings. The molecule has 0 saturated heterocycles. The molecule has 2 heterocycles. The summed E-state index contributed by atoms with van der Waals surface area (Å²) in [6.07, 6.45) is 5.68. The summed E-state index contributed by atoms with van der Waals surface area (Å²) in [5.41, 5.74) is 2.89. The zero-order chi connectivity index (χ0) is 16.4. The van der Waals surface area contributed by atoms with Crippen molar-refractivity contribution in [3.63, 3.8) is 0 Å². The lowest BCUT2D eigenvalue weighted by Crippen LogP contribution is -2.40. The number of aromatic nitrogens is 1. The van der Waals surface area contributed by atoms with Gasteiger partial charge in [0.1, 0.15) is 0 Å². The lowest BCUT2D eigenvalue weighted by Gasteiger charge is -2.24. The van der Waals surface area contributed by atoms with Crippen LogP contribution in [0.1, 0.15) is 30.4 Å². The highest BCUT2D eigenvalue weighted by atomic mass is 16.6. The molecule has 1 aromatic carbocycles. The van der Waals surface area contributed by atoms with Gasteiger partial charge in [-0.3, -0.25) is 9.78 Å². The van der Waals surface area contributed by atoms with Crippen LogP contribution in [0.4, 0.5) is 0 Å². The van der Waals surface area contributed by atoms with E-state index in [2.05, 4.69) is 10.1 Å². The van der Waals surface area contributed by atoms with Crippen molar-refractivity contribution in [2.45, 2.75) is 38.0 Å². The summed E-state index contributed by atoms with van der Waals surface area (Å²) < 4.78 is 0. The van der Waals surface area contributed by atoms with Crippen LogP contribution in [0.25, 0.3) is 0 Å². The van der Waals surface area contributed by atoms with Gasteiger partial charge in [0.25, 0.3) is 5.91 Å². The Kier molecular flexibility index (Phi) is 3.99. The van der Waals surface area contributed by atoms with Gasteiger partial charge in [0.2, 0.25) is 6.10 Å². The molecule has 0 spiro atoms. The van der Waals surface area contributed by atoms with E-state index in [1.54, 1.807) is 6.20 Å². The van der Waals surface area contributed by atoms with E-state index in [9.17, 15) is 4.79 Å². The molecule has 0 bridgehead atoms. The van der Waals surface area contributed by atoms with Crippen molar-refractivity contribution in [1.29, 1.82) is 0 Å². The molecule has 1 atom stereocenters. The topological polar surface area (TPSA) is 54.8 Å². The lowest BCUT2D eigenvalue weighted by molar-refractivity contribution is -0.143. The van der Waals surface area contributed by atoms with E-state index in [1.165, 1.54) is 0 Å². The van der Waals surface area contributed by atoms with E-state index in [0.717, 1.165) is 29.7 Å². The van der Waals surface area contributed by atoms with Gasteiger partial charge in [-0.15, -0.1) is 0 Å². The van der Waals surface area contributed by atoms with E-state index in [4.69, 9.17) is 4.84 Å². The molecule has 5 nitrogen and oxygen atoms in total. The largest absolute Gasteiger partial charge is 0.382 e. The van der Waals surface area contributed by atoms with Crippen LogP contribution in [0.3, 0.4) is 0 Å². The quantitative estimate of drug-likeness (QED) is 0.851. The molecule has 24 heavy (non-hydrogen) atoms. The van der Waals surface area contributed by atoms with E-state index < -0.39 is 6.10 Å². The highest BCUT2D eigenvalue weighted by molar-refractivity contribution is 6.04. The minimum absolute atomic E-state index is 0.0241. The summed E-state index contributed by atoms with van der Waals surface area (Å²) >= 11 is 0. The Morgan fingerprint density at radius 3 is 2.71 bits per heavy atom. The van der Waals surface area contributed by atoms with E-state index >= 15 is 0 Å². The lowest BCUT2D eigenvalue weighted by atomic mass is 10.0. The maximum absolute atomic E-state index is 12.9. The van der Waals surface area contributed by atoms with Gasteiger partial charge < -0.3 is 9.74 Å². The van der Waals surface area contributed by atoms with Crippen LogP contribution in [0.15, 0.2) is 60.0 Å². The Hall–Kier alpha value is -2.69. The summed E-state index contributed by atoms with van der Waals surface area (Å²) in [6, 6.07) is 14.1. The molecule has 2 aliphatic rings. The molecule has 4 rings (SSSR count). The molecule has 1 aromatic heterocycles. The molecule has 0 N–H and O–H groups in total. The molecule has 1 aliphatic heterocycles. The highest BCUT2D eigenvalue weighted by Crippen LogP contribution is 2.30. The fraction of sp³-hybridized carbons (Fsp3) is 0.316. The summed E-state index contributed by atoms with van der Waals surface area (Å²) in [5.74, 6) is 0.0241. The van der Waals surface area contributed by atoms with E-state index in [1.807, 2.05) is 53.6 Å². The van der Waals surface area contributed by atoms with Crippen LogP contribution in [0.5, 0.6) is 0 Å². The predicted molar refractivity (Wildman–Crippen MR) is 90.3 cm³/mol. The van der Waals surface area contributed by atoms with Gasteiger partial charge >= 0.3 is 0 Å². The number of benzene rings is 1. The molecule has 1 aliphatic carbocycles. The monoisotopic (exact) mass is 321 g/mol. The molecule has 122 valence electrons. The van der Waals surface area contributed by atoms with Crippen LogP contribution >= 0.6 is 0 Å². The van der Waals surface area contributed by atoms with Crippen molar-refractivity contribution in [2.24, 2.45) is 5.16 Å². The van der Waals surface area contributed by atoms with Crippen molar-refractivity contribution in [1.82, 2.24) is 9.88 Å². The number of pyridine rings is 1. The fourth-order valence-electron chi connectivity index (χ4n) is 2.96. The van der Waals surface area contributed by atoms with Gasteiger partial charge in [-0.1, -0.05) is 41.6 Å². The standard InChI is InChI=1S/C19H19N3O2/c23-19(18-11-17(21-24-18)15-6-2-1-3-7-15)22(16-8-9-16)13-14-5-4-10-20-12-14/h1-7,10,12,16,18H,8-9,11,13H2. The maximum atomic E-state index is 12.9. The Morgan fingerprint density at radius 2 is 2.00 bits per heavy atom. The number of oxime groups is 1. The number of nitrogens with zero attached hydrogens (tertiary/aromatic N) is 3. The van der Waals surface area contributed by atoms with Crippen molar-refractivity contribution >= 4 is 11.6 Å². The van der Waals surface area contributed by atoms with Crippen LogP contribution < -0.4 is 0 Å². The smallest absolute Gasteiger partial charge is 0.267 e. The number of hydrogen-bond donors (Lipinski definition) is 0. The summed E-state index contributed by atoms with van der Waals surface area (Å²) in [4.78, 5) is 24.4. The number of carbonyl (C=O) groups is 1. The minimum atomic E-state index is -0.516. The van der Waals surface area contributed by atoms with Gasteiger partial charge in [0, 0.05) is 31.4 Å². The van der Waals surface area contributed by atoms with Gasteiger partial charge in [0.15, 0.2) is 0 Å². The Labute approximate surface area is 141 Å². The fourth-order valence-corrected chi connectivity index (χ4v) is 2.96. The Balaban J connectivity index is 1.45. The number of hydrogen-bond acceptors (Lipinski definition) is 4. The SMILES string of the molecule is O=C(C1CC(c2ccccc2)=NO1)N(Cc1cccnc1)C1CC1. The average Bonchev–Trinajstić information content (AvgIpc) is 3.36. The zero-order valence-electron chi connectivity index (χ0n) is 13.3. The first kappa shape index (κ1) is 14.9. The average molecular weight is 321 g/mol. The molecule has 5 heteroatoms. The van der Waals surface area contributed by atoms with Crippen molar-refractivity contribution in [3.8, 4) is 0 Å². The molecule has 1 unspecified atom stereocenters. The molecule has 2 aromatic rings. The van der Waals surface area contributed by atoms with E-state index in [-0.39, 0.29) is 5.91 Å². The van der Waals surface area contributed by atoms with Crippen LogP contribution in [-0.4, -0.2) is 33.6 Å². The normalized spacial score (nSPS) is 19.5. The van der Waals surface area contributed by atoms with E-state index in [0.29, 0.717) is 19.0 Å². The Morgan fingerprint density at radius 1 is 1.17 bits per heavy atom. The zero-order valence-corrected chi connectivity index (χ0v) is 13.3. The molecule has 1 saturated carbocycles. The van der Waals surface area contributed by atoms with Gasteiger partial charge in [0.05, 0.1) is 5.71 Å². The van der Waals surface area contributed by atoms with Crippen LogP contribution in [-0.2, 0) is 16.2 Å². The minimum Gasteiger partial charge on any atom is -0.382 e. The van der Waals surface area contributed by atoms with Gasteiger partial charge in [-0.25, -0.2) is 0 Å². The number of amides is 1. The molecule has 1 amide bonds. The van der Waals surface area contributed by atoms with Crippen molar-refractivity contribution in [3.05, 3.63) is 66.0 Å². The third kappa shape index (κ3) is 3.15. The third-order valence-electron chi connectivity index (χ3n) is 4.40. The van der Waals surface area contributed by atoms with Gasteiger partial charge in [-0.05, 0) is 30.0 Å². The second kappa shape index (κ2) is 6.43. The summed E-state index contributed by atoms with van der Waals surface area (Å²) in [6.45, 7) is 0.581. The third-order valence-corrected chi connectivity index (χ3v) is 4.40. The van der Waals surface area contributed by atoms with Crippen LogP contribution in [0, 0.1) is 0 Å². The summed E-state index contributed by atoms with van der Waals surface area (Å²) in [7, 11) is 0. The van der Waals surface area contributed by atoms with Crippen molar-refractivity contribution in [2.75, 3.05) is 0 Å². The maximum Gasteiger partial charge on any atom is 0.267 e. The van der Waals surface area contributed by atoms with Crippen molar-refractivity contribution < 1.29 is 9.63 Å². The molecule has 0 radical (unpaired) electrons. The highest BCUT2D eigenvalue weighted by Gasteiger charge is 2.39. The number of rotatable bonds is 5.